The lowest BCUT2D eigenvalue weighted by Gasteiger charge is -2.14. The summed E-state index contributed by atoms with van der Waals surface area (Å²) in [6.45, 7) is 0. The van der Waals surface area contributed by atoms with Gasteiger partial charge in [0.2, 0.25) is 0 Å². The van der Waals surface area contributed by atoms with E-state index in [9.17, 15) is 0 Å². The molecule has 0 aliphatic heterocycles. The van der Waals surface area contributed by atoms with Crippen LogP contribution in [0.3, 0.4) is 0 Å². The van der Waals surface area contributed by atoms with E-state index < -0.39 is 0 Å². The summed E-state index contributed by atoms with van der Waals surface area (Å²) in [6, 6.07) is 60.5. The first kappa shape index (κ1) is 27.5. The monoisotopic (exact) mass is 623 g/mol. The van der Waals surface area contributed by atoms with Gasteiger partial charge in [-0.15, -0.1) is 0 Å². The maximum absolute atomic E-state index is 5.38. The largest absolute Gasteiger partial charge is 0.309 e. The van der Waals surface area contributed by atoms with Gasteiger partial charge in [0.1, 0.15) is 0 Å². The molecule has 2 aromatic heterocycles. The van der Waals surface area contributed by atoms with Crippen molar-refractivity contribution in [1.29, 1.82) is 0 Å². The van der Waals surface area contributed by atoms with Crippen LogP contribution in [-0.2, 0) is 0 Å². The number of fused-ring (bicyclic) bond motifs is 9. The van der Waals surface area contributed by atoms with E-state index in [1.165, 1.54) is 54.8 Å². The average molecular weight is 624 g/mol. The molecule has 0 aliphatic rings. The highest BCUT2D eigenvalue weighted by Crippen LogP contribution is 2.39. The fourth-order valence-electron chi connectivity index (χ4n) is 7.49. The van der Waals surface area contributed by atoms with Crippen molar-refractivity contribution in [2.45, 2.75) is 0 Å². The molecule has 49 heavy (non-hydrogen) atoms. The number of para-hydroxylation sites is 2. The van der Waals surface area contributed by atoms with Crippen molar-refractivity contribution in [1.82, 2.24) is 14.5 Å². The molecule has 0 aliphatic carbocycles. The van der Waals surface area contributed by atoms with Gasteiger partial charge < -0.3 is 4.57 Å². The van der Waals surface area contributed by atoms with E-state index in [1.807, 2.05) is 6.20 Å². The topological polar surface area (TPSA) is 30.7 Å². The highest BCUT2D eigenvalue weighted by atomic mass is 15.0. The van der Waals surface area contributed by atoms with Crippen LogP contribution in [0.4, 0.5) is 0 Å². The first-order valence-corrected chi connectivity index (χ1v) is 16.7. The van der Waals surface area contributed by atoms with Crippen LogP contribution < -0.4 is 0 Å². The molecule has 10 aromatic rings. The van der Waals surface area contributed by atoms with Crippen molar-refractivity contribution in [2.24, 2.45) is 0 Å². The fourth-order valence-corrected chi connectivity index (χ4v) is 7.49. The number of nitrogens with zero attached hydrogens (tertiary/aromatic N) is 3. The Balaban J connectivity index is 1.20. The van der Waals surface area contributed by atoms with Crippen molar-refractivity contribution in [2.75, 3.05) is 0 Å². The molecule has 0 radical (unpaired) electrons. The predicted molar refractivity (Wildman–Crippen MR) is 205 cm³/mol. The Hall–Kier alpha value is -6.58. The summed E-state index contributed by atoms with van der Waals surface area (Å²) in [6.07, 6.45) is 1.93. The molecule has 2 heterocycles. The molecule has 0 saturated heterocycles. The third-order valence-electron chi connectivity index (χ3n) is 9.81. The number of hydrogen-bond donors (Lipinski definition) is 0. The van der Waals surface area contributed by atoms with Crippen molar-refractivity contribution in [3.05, 3.63) is 176 Å². The van der Waals surface area contributed by atoms with Gasteiger partial charge in [-0.2, -0.15) is 0 Å². The molecule has 0 unspecified atom stereocenters. The molecule has 228 valence electrons. The van der Waals surface area contributed by atoms with Gasteiger partial charge in [0.15, 0.2) is 0 Å². The summed E-state index contributed by atoms with van der Waals surface area (Å²) in [5.41, 5.74) is 11.9. The van der Waals surface area contributed by atoms with Crippen molar-refractivity contribution >= 4 is 54.4 Å². The molecule has 10 rings (SSSR count). The smallest absolute Gasteiger partial charge is 0.0979 e. The molecule has 8 aromatic carbocycles. The lowest BCUT2D eigenvalue weighted by molar-refractivity contribution is 1.18. The highest BCUT2D eigenvalue weighted by molar-refractivity contribution is 6.24. The zero-order valence-electron chi connectivity index (χ0n) is 26.6. The van der Waals surface area contributed by atoms with E-state index in [-0.39, 0.29) is 0 Å². The van der Waals surface area contributed by atoms with Crippen molar-refractivity contribution in [3.63, 3.8) is 0 Å². The van der Waals surface area contributed by atoms with Gasteiger partial charge in [0.05, 0.1) is 34.0 Å². The van der Waals surface area contributed by atoms with E-state index in [4.69, 9.17) is 9.97 Å². The lowest BCUT2D eigenvalue weighted by atomic mass is 9.93. The third-order valence-corrected chi connectivity index (χ3v) is 9.81. The first-order valence-electron chi connectivity index (χ1n) is 16.7. The molecule has 0 bridgehead atoms. The first-order chi connectivity index (χ1) is 24.3. The minimum Gasteiger partial charge on any atom is -0.309 e. The van der Waals surface area contributed by atoms with E-state index in [0.29, 0.717) is 0 Å². The van der Waals surface area contributed by atoms with Crippen LogP contribution in [0.5, 0.6) is 0 Å². The Labute approximate surface area is 283 Å². The molecule has 0 amide bonds. The molecule has 0 atom stereocenters. The van der Waals surface area contributed by atoms with Gasteiger partial charge >= 0.3 is 0 Å². The summed E-state index contributed by atoms with van der Waals surface area (Å²) in [5, 5.41) is 7.05. The summed E-state index contributed by atoms with van der Waals surface area (Å²) in [5.74, 6) is 0. The van der Waals surface area contributed by atoms with Crippen LogP contribution in [0.15, 0.2) is 176 Å². The van der Waals surface area contributed by atoms with Gasteiger partial charge in [0.25, 0.3) is 0 Å². The molecule has 0 spiro atoms. The van der Waals surface area contributed by atoms with Gasteiger partial charge in [-0.3, -0.25) is 4.98 Å². The van der Waals surface area contributed by atoms with Crippen LogP contribution in [0.25, 0.3) is 93.6 Å². The minimum atomic E-state index is 0.851. The van der Waals surface area contributed by atoms with Crippen LogP contribution in [-0.4, -0.2) is 14.5 Å². The van der Waals surface area contributed by atoms with Crippen LogP contribution >= 0.6 is 0 Å². The quantitative estimate of drug-likeness (QED) is 0.183. The summed E-state index contributed by atoms with van der Waals surface area (Å²) in [7, 11) is 0. The van der Waals surface area contributed by atoms with E-state index >= 15 is 0 Å². The third kappa shape index (κ3) is 4.44. The predicted octanol–water partition coefficient (Wildman–Crippen LogP) is 12.0. The SMILES string of the molecule is c1ccc(-c2ccc3c(c2)c2cc(-c4ccccc4)ccc2c2nc(-c4cccc(-n5c6ccccc6c6ccccc65)c4)cnc32)cc1. The zero-order chi connectivity index (χ0) is 32.3. The molecule has 3 nitrogen and oxygen atoms in total. The Bertz CT molecular complexity index is 2820. The molecule has 3 heteroatoms. The molecular weight excluding hydrogens is 595 g/mol. The fraction of sp³-hybridized carbons (Fsp3) is 0. The van der Waals surface area contributed by atoms with Crippen molar-refractivity contribution in [3.8, 4) is 39.2 Å². The Morgan fingerprint density at radius 1 is 0.347 bits per heavy atom. The Kier molecular flexibility index (Phi) is 6.18. The second-order valence-electron chi connectivity index (χ2n) is 12.6. The van der Waals surface area contributed by atoms with Gasteiger partial charge in [-0.1, -0.05) is 133 Å². The average Bonchev–Trinajstić information content (AvgIpc) is 3.52. The molecule has 0 fully saturated rings. The maximum Gasteiger partial charge on any atom is 0.0979 e. The maximum atomic E-state index is 5.38. The van der Waals surface area contributed by atoms with E-state index in [0.717, 1.165) is 38.8 Å². The van der Waals surface area contributed by atoms with Gasteiger partial charge in [0, 0.05) is 32.8 Å². The summed E-state index contributed by atoms with van der Waals surface area (Å²) < 4.78 is 2.35. The van der Waals surface area contributed by atoms with Crippen LogP contribution in [0, 0.1) is 0 Å². The zero-order valence-corrected chi connectivity index (χ0v) is 26.6. The second-order valence-corrected chi connectivity index (χ2v) is 12.6. The lowest BCUT2D eigenvalue weighted by Crippen LogP contribution is -1.96. The number of hydrogen-bond acceptors (Lipinski definition) is 2. The highest BCUT2D eigenvalue weighted by Gasteiger charge is 2.16. The molecule has 0 N–H and O–H groups in total. The number of aromatic nitrogens is 3. The van der Waals surface area contributed by atoms with E-state index in [1.54, 1.807) is 0 Å². The molecule has 0 saturated carbocycles. The molecular formula is C46H29N3. The number of rotatable bonds is 4. The summed E-state index contributed by atoms with van der Waals surface area (Å²) >= 11 is 0. The Morgan fingerprint density at radius 3 is 1.49 bits per heavy atom. The standard InChI is InChI=1S/C46H29N3/c1-3-12-30(13-4-1)32-22-24-38-40(27-32)41-28-33(31-14-5-2-6-15-31)23-25-39(41)46-45(38)47-29-42(48-46)34-16-11-17-35(26-34)49-43-20-9-7-18-36(43)37-19-8-10-21-44(37)49/h1-29H. The Morgan fingerprint density at radius 2 is 0.878 bits per heavy atom. The van der Waals surface area contributed by atoms with Crippen molar-refractivity contribution < 1.29 is 0 Å². The van der Waals surface area contributed by atoms with Crippen LogP contribution in [0.1, 0.15) is 0 Å². The number of benzene rings is 8. The van der Waals surface area contributed by atoms with E-state index in [2.05, 4.69) is 174 Å². The minimum absolute atomic E-state index is 0.851. The van der Waals surface area contributed by atoms with Crippen LogP contribution in [0.2, 0.25) is 0 Å². The second kappa shape index (κ2) is 11.0. The van der Waals surface area contributed by atoms with Gasteiger partial charge in [-0.05, 0) is 69.4 Å². The van der Waals surface area contributed by atoms with Gasteiger partial charge in [-0.25, -0.2) is 4.98 Å². The summed E-state index contributed by atoms with van der Waals surface area (Å²) in [4.78, 5) is 10.5. The normalized spacial score (nSPS) is 11.7.